The number of rotatable bonds is 1. The van der Waals surface area contributed by atoms with Crippen LogP contribution in [0.4, 0.5) is 0 Å². The highest BCUT2D eigenvalue weighted by atomic mass is 16.3. The second kappa shape index (κ2) is 3.63. The second-order valence-corrected chi connectivity index (χ2v) is 7.76. The van der Waals surface area contributed by atoms with Crippen LogP contribution in [0.1, 0.15) is 55.2 Å². The number of aliphatic hydroxyl groups is 1. The second-order valence-electron chi connectivity index (χ2n) is 7.76. The maximum absolute atomic E-state index is 10.9. The van der Waals surface area contributed by atoms with Gasteiger partial charge in [0.1, 0.15) is 0 Å². The van der Waals surface area contributed by atoms with Crippen molar-refractivity contribution >= 4 is 0 Å². The normalized spacial score (nSPS) is 43.7. The molecule has 1 nitrogen and oxygen atoms in total. The molecule has 0 aliphatic heterocycles. The van der Waals surface area contributed by atoms with Gasteiger partial charge in [-0.05, 0) is 86.3 Å². The number of hydrogen-bond acceptors (Lipinski definition) is 1. The van der Waals surface area contributed by atoms with Crippen LogP contribution in [-0.4, -0.2) is 10.7 Å². The number of aryl methyl sites for hydroxylation is 2. The van der Waals surface area contributed by atoms with Gasteiger partial charge in [0.15, 0.2) is 0 Å². The summed E-state index contributed by atoms with van der Waals surface area (Å²) in [6.45, 7) is 4.40. The van der Waals surface area contributed by atoms with Gasteiger partial charge >= 0.3 is 0 Å². The minimum Gasteiger partial charge on any atom is -0.390 e. The van der Waals surface area contributed by atoms with E-state index in [2.05, 4.69) is 32.0 Å². The first-order chi connectivity index (χ1) is 8.98. The zero-order chi connectivity index (χ0) is 13.3. The maximum atomic E-state index is 10.9. The molecule has 102 valence electrons. The summed E-state index contributed by atoms with van der Waals surface area (Å²) < 4.78 is 0. The number of hydrogen-bond donors (Lipinski definition) is 1. The summed E-state index contributed by atoms with van der Waals surface area (Å²) in [5.74, 6) is 1.54. The minimum atomic E-state index is -0.344. The fourth-order valence-corrected chi connectivity index (χ4v) is 5.62. The van der Waals surface area contributed by atoms with Crippen LogP contribution in [0.2, 0.25) is 0 Å². The van der Waals surface area contributed by atoms with Crippen molar-refractivity contribution in [2.45, 2.75) is 63.4 Å². The molecule has 0 saturated heterocycles. The highest BCUT2D eigenvalue weighted by Gasteiger charge is 2.57. The van der Waals surface area contributed by atoms with Crippen LogP contribution in [0.3, 0.4) is 0 Å². The molecule has 4 aliphatic rings. The van der Waals surface area contributed by atoms with Crippen molar-refractivity contribution in [2.24, 2.45) is 11.8 Å². The van der Waals surface area contributed by atoms with E-state index < -0.39 is 0 Å². The first kappa shape index (κ1) is 12.0. The Morgan fingerprint density at radius 3 is 2.26 bits per heavy atom. The molecule has 5 rings (SSSR count). The van der Waals surface area contributed by atoms with Crippen molar-refractivity contribution < 1.29 is 5.11 Å². The van der Waals surface area contributed by atoms with Gasteiger partial charge in [0, 0.05) is 0 Å². The van der Waals surface area contributed by atoms with Gasteiger partial charge < -0.3 is 5.11 Å². The van der Waals surface area contributed by atoms with E-state index in [-0.39, 0.29) is 11.0 Å². The van der Waals surface area contributed by atoms with Crippen LogP contribution in [0, 0.1) is 25.7 Å². The van der Waals surface area contributed by atoms with E-state index >= 15 is 0 Å². The van der Waals surface area contributed by atoms with Crippen LogP contribution in [0.15, 0.2) is 18.2 Å². The van der Waals surface area contributed by atoms with Crippen molar-refractivity contribution in [3.8, 4) is 0 Å². The van der Waals surface area contributed by atoms with E-state index in [1.54, 1.807) is 0 Å². The summed E-state index contributed by atoms with van der Waals surface area (Å²) >= 11 is 0. The van der Waals surface area contributed by atoms with Gasteiger partial charge in [-0.3, -0.25) is 0 Å². The summed E-state index contributed by atoms with van der Waals surface area (Å²) in [7, 11) is 0. The lowest BCUT2D eigenvalue weighted by Gasteiger charge is -2.60. The molecule has 1 aromatic carbocycles. The zero-order valence-electron chi connectivity index (χ0n) is 12.1. The Morgan fingerprint density at radius 1 is 1.00 bits per heavy atom. The first-order valence-corrected chi connectivity index (χ1v) is 7.78. The van der Waals surface area contributed by atoms with Crippen molar-refractivity contribution in [1.29, 1.82) is 0 Å². The fourth-order valence-electron chi connectivity index (χ4n) is 5.62. The third kappa shape index (κ3) is 1.71. The summed E-state index contributed by atoms with van der Waals surface area (Å²) in [5.41, 5.74) is 4.23. The van der Waals surface area contributed by atoms with Gasteiger partial charge in [-0.25, -0.2) is 0 Å². The van der Waals surface area contributed by atoms with Gasteiger partial charge in [0.25, 0.3) is 0 Å². The third-order valence-electron chi connectivity index (χ3n) is 6.15. The van der Waals surface area contributed by atoms with E-state index in [4.69, 9.17) is 0 Å². The predicted molar refractivity (Wildman–Crippen MR) is 77.2 cm³/mol. The molecule has 0 spiro atoms. The van der Waals surface area contributed by atoms with Crippen LogP contribution < -0.4 is 0 Å². The fraction of sp³-hybridized carbons (Fsp3) is 0.667. The smallest absolute Gasteiger partial charge is 0.0661 e. The lowest BCUT2D eigenvalue weighted by atomic mass is 9.46. The Hall–Kier alpha value is -0.820. The molecule has 4 fully saturated rings. The summed E-state index contributed by atoms with van der Waals surface area (Å²) in [4.78, 5) is 0. The van der Waals surface area contributed by atoms with Gasteiger partial charge in [-0.2, -0.15) is 0 Å². The molecule has 0 amide bonds. The molecule has 4 aliphatic carbocycles. The maximum Gasteiger partial charge on any atom is 0.0661 e. The average Bonchev–Trinajstić information content (AvgIpc) is 2.29. The molecule has 2 atom stereocenters. The van der Waals surface area contributed by atoms with E-state index in [0.29, 0.717) is 0 Å². The molecular weight excluding hydrogens is 232 g/mol. The topological polar surface area (TPSA) is 20.2 Å². The predicted octanol–water partition coefficient (Wildman–Crippen LogP) is 3.89. The Bertz CT molecular complexity index is 516. The molecule has 1 heteroatoms. The minimum absolute atomic E-state index is 0.289. The van der Waals surface area contributed by atoms with E-state index in [1.807, 2.05) is 0 Å². The van der Waals surface area contributed by atoms with E-state index in [9.17, 15) is 5.11 Å². The Labute approximate surface area is 116 Å². The molecule has 4 saturated carbocycles. The van der Waals surface area contributed by atoms with Crippen molar-refractivity contribution in [1.82, 2.24) is 0 Å². The van der Waals surface area contributed by atoms with Crippen molar-refractivity contribution in [3.05, 3.63) is 34.9 Å². The van der Waals surface area contributed by atoms with E-state index in [0.717, 1.165) is 31.1 Å². The van der Waals surface area contributed by atoms with Gasteiger partial charge in [-0.15, -0.1) is 0 Å². The van der Waals surface area contributed by atoms with Crippen LogP contribution in [-0.2, 0) is 5.41 Å². The molecule has 19 heavy (non-hydrogen) atoms. The van der Waals surface area contributed by atoms with Crippen LogP contribution in [0.25, 0.3) is 0 Å². The molecule has 0 heterocycles. The molecule has 2 unspecified atom stereocenters. The summed E-state index contributed by atoms with van der Waals surface area (Å²) in [6.07, 6.45) is 7.14. The Balaban J connectivity index is 1.79. The molecule has 0 radical (unpaired) electrons. The molecule has 4 bridgehead atoms. The molecule has 0 aromatic heterocycles. The zero-order valence-corrected chi connectivity index (χ0v) is 12.1. The van der Waals surface area contributed by atoms with Crippen LogP contribution in [0.5, 0.6) is 0 Å². The lowest BCUT2D eigenvalue weighted by molar-refractivity contribution is -0.137. The molecule has 1 N–H and O–H groups in total. The highest BCUT2D eigenvalue weighted by molar-refractivity contribution is 5.37. The summed E-state index contributed by atoms with van der Waals surface area (Å²) in [5, 5.41) is 10.9. The van der Waals surface area contributed by atoms with Crippen LogP contribution >= 0.6 is 0 Å². The molecular formula is C18H24O. The van der Waals surface area contributed by atoms with Gasteiger partial charge in [0.2, 0.25) is 0 Å². The Morgan fingerprint density at radius 2 is 1.68 bits per heavy atom. The highest BCUT2D eigenvalue weighted by Crippen LogP contribution is 2.62. The van der Waals surface area contributed by atoms with Crippen molar-refractivity contribution in [3.63, 3.8) is 0 Å². The molecule has 1 aromatic rings. The Kier molecular flexibility index (Phi) is 2.29. The first-order valence-electron chi connectivity index (χ1n) is 7.78. The van der Waals surface area contributed by atoms with Crippen molar-refractivity contribution in [2.75, 3.05) is 0 Å². The number of benzene rings is 1. The summed E-state index contributed by atoms with van der Waals surface area (Å²) in [6, 6.07) is 7.00. The quantitative estimate of drug-likeness (QED) is 0.808. The largest absolute Gasteiger partial charge is 0.390 e. The average molecular weight is 256 g/mol. The third-order valence-corrected chi connectivity index (χ3v) is 6.15. The lowest BCUT2D eigenvalue weighted by Crippen LogP contribution is -2.57. The monoisotopic (exact) mass is 256 g/mol. The standard InChI is InChI=1S/C18H24O/c1-12-3-4-16(5-13(12)2)17-7-14-6-15(8-17)10-18(19,9-14)11-17/h3-5,14-15,19H,6-11H2,1-2H3. The SMILES string of the molecule is Cc1ccc(C23CC4CC(CC(O)(C4)C2)C3)cc1C. The van der Waals surface area contributed by atoms with Gasteiger partial charge in [0.05, 0.1) is 5.60 Å². The van der Waals surface area contributed by atoms with Gasteiger partial charge in [-0.1, -0.05) is 18.2 Å². The van der Waals surface area contributed by atoms with E-state index in [1.165, 1.54) is 36.0 Å².